The van der Waals surface area contributed by atoms with E-state index in [1.807, 2.05) is 0 Å². The van der Waals surface area contributed by atoms with Crippen LogP contribution in [0.25, 0.3) is 0 Å². The first-order valence-corrected chi connectivity index (χ1v) is 7.61. The van der Waals surface area contributed by atoms with Crippen LogP contribution in [-0.4, -0.2) is 50.1 Å². The Balaban J connectivity index is 2.01. The van der Waals surface area contributed by atoms with E-state index in [-0.39, 0.29) is 30.2 Å². The number of carbonyl (C=O) groups excluding carboxylic acids is 1. The molecule has 2 atom stereocenters. The van der Waals surface area contributed by atoms with Crippen LogP contribution in [0, 0.1) is 5.92 Å². The lowest BCUT2D eigenvalue weighted by Crippen LogP contribution is -2.55. The van der Waals surface area contributed by atoms with E-state index in [0.717, 1.165) is 6.42 Å². The number of nitrogens with two attached hydrogens (primary N) is 1. The Morgan fingerprint density at radius 3 is 2.88 bits per heavy atom. The first-order valence-electron chi connectivity index (χ1n) is 6.00. The number of amides is 1. The molecule has 0 radical (unpaired) electrons. The van der Waals surface area contributed by atoms with Gasteiger partial charge in [0.15, 0.2) is 0 Å². The van der Waals surface area contributed by atoms with Gasteiger partial charge in [-0.3, -0.25) is 4.79 Å². The largest absolute Gasteiger partial charge is 0.353 e. The molecule has 2 aliphatic heterocycles. The average Bonchev–Trinajstić information content (AvgIpc) is 2.28. The summed E-state index contributed by atoms with van der Waals surface area (Å²) in [6.07, 6.45) is 2.00. The maximum absolute atomic E-state index is 11.9. The van der Waals surface area contributed by atoms with Gasteiger partial charge in [0.05, 0.1) is 5.75 Å². The predicted octanol–water partition coefficient (Wildman–Crippen LogP) is -1.12. The van der Waals surface area contributed by atoms with E-state index in [1.54, 1.807) is 0 Å². The molecule has 1 amide bonds. The van der Waals surface area contributed by atoms with Gasteiger partial charge in [0.2, 0.25) is 15.9 Å². The Hall–Kier alpha value is -0.660. The molecule has 17 heavy (non-hydrogen) atoms. The number of carbonyl (C=O) groups is 1. The highest BCUT2D eigenvalue weighted by atomic mass is 32.2. The molecule has 98 valence electrons. The first kappa shape index (κ1) is 12.8. The fourth-order valence-electron chi connectivity index (χ4n) is 2.61. The Kier molecular flexibility index (Phi) is 3.70. The fraction of sp³-hybridized carbons (Fsp3) is 0.900. The van der Waals surface area contributed by atoms with E-state index in [1.165, 1.54) is 4.31 Å². The molecule has 0 aliphatic carbocycles. The molecule has 0 aromatic heterocycles. The van der Waals surface area contributed by atoms with Gasteiger partial charge in [-0.2, -0.15) is 0 Å². The minimum Gasteiger partial charge on any atom is -0.353 e. The second-order valence-electron chi connectivity index (χ2n) is 4.72. The van der Waals surface area contributed by atoms with Crippen LogP contribution >= 0.6 is 0 Å². The van der Waals surface area contributed by atoms with Crippen molar-refractivity contribution in [3.8, 4) is 0 Å². The van der Waals surface area contributed by atoms with E-state index >= 15 is 0 Å². The smallest absolute Gasteiger partial charge is 0.220 e. The third-order valence-electron chi connectivity index (χ3n) is 3.55. The van der Waals surface area contributed by atoms with Gasteiger partial charge < -0.3 is 11.1 Å². The van der Waals surface area contributed by atoms with Crippen molar-refractivity contribution in [1.29, 1.82) is 0 Å². The lowest BCUT2D eigenvalue weighted by Gasteiger charge is -2.40. The molecule has 2 heterocycles. The van der Waals surface area contributed by atoms with Crippen LogP contribution in [0.3, 0.4) is 0 Å². The highest BCUT2D eigenvalue weighted by molar-refractivity contribution is 7.89. The normalized spacial score (nSPS) is 30.8. The Bertz CT molecular complexity index is 396. The lowest BCUT2D eigenvalue weighted by atomic mass is 9.86. The Labute approximate surface area is 102 Å². The van der Waals surface area contributed by atoms with Crippen LogP contribution in [0.1, 0.15) is 19.3 Å². The SMILES string of the molecule is NCCS(=O)(=O)N1CCC2NC(=O)CCC2C1. The van der Waals surface area contributed by atoms with E-state index in [9.17, 15) is 13.2 Å². The molecule has 6 nitrogen and oxygen atoms in total. The zero-order chi connectivity index (χ0) is 12.5. The van der Waals surface area contributed by atoms with E-state index < -0.39 is 10.0 Å². The van der Waals surface area contributed by atoms with Gasteiger partial charge in [-0.1, -0.05) is 0 Å². The zero-order valence-corrected chi connectivity index (χ0v) is 10.6. The first-order chi connectivity index (χ1) is 8.03. The van der Waals surface area contributed by atoms with Crippen LogP contribution in [0.15, 0.2) is 0 Å². The van der Waals surface area contributed by atoms with Gasteiger partial charge in [-0.15, -0.1) is 0 Å². The third-order valence-corrected chi connectivity index (χ3v) is 5.42. The zero-order valence-electron chi connectivity index (χ0n) is 9.76. The van der Waals surface area contributed by atoms with Gasteiger partial charge in [0, 0.05) is 32.1 Å². The number of sulfonamides is 1. The van der Waals surface area contributed by atoms with Crippen LogP contribution < -0.4 is 11.1 Å². The number of nitrogens with one attached hydrogen (secondary N) is 1. The molecular formula is C10H19N3O3S. The summed E-state index contributed by atoms with van der Waals surface area (Å²) < 4.78 is 25.3. The van der Waals surface area contributed by atoms with Crippen molar-refractivity contribution in [3.05, 3.63) is 0 Å². The van der Waals surface area contributed by atoms with Crippen LogP contribution in [0.5, 0.6) is 0 Å². The number of hydrogen-bond donors (Lipinski definition) is 2. The van der Waals surface area contributed by atoms with Crippen LogP contribution in [0.4, 0.5) is 0 Å². The summed E-state index contributed by atoms with van der Waals surface area (Å²) in [5.41, 5.74) is 5.31. The van der Waals surface area contributed by atoms with E-state index in [0.29, 0.717) is 25.9 Å². The van der Waals surface area contributed by atoms with Crippen molar-refractivity contribution in [3.63, 3.8) is 0 Å². The fourth-order valence-corrected chi connectivity index (χ4v) is 3.97. The highest BCUT2D eigenvalue weighted by Crippen LogP contribution is 2.26. The summed E-state index contributed by atoms with van der Waals surface area (Å²) >= 11 is 0. The molecule has 2 aliphatic rings. The second-order valence-corrected chi connectivity index (χ2v) is 6.81. The summed E-state index contributed by atoms with van der Waals surface area (Å²) in [5.74, 6) is 0.357. The van der Waals surface area contributed by atoms with E-state index in [4.69, 9.17) is 5.73 Å². The third kappa shape index (κ3) is 2.78. The number of rotatable bonds is 3. The lowest BCUT2D eigenvalue weighted by molar-refractivity contribution is -0.124. The van der Waals surface area contributed by atoms with Gasteiger partial charge in [0.25, 0.3) is 0 Å². The molecule has 7 heteroatoms. The number of nitrogens with zero attached hydrogens (tertiary/aromatic N) is 1. The van der Waals surface area contributed by atoms with Gasteiger partial charge in [-0.25, -0.2) is 12.7 Å². The summed E-state index contributed by atoms with van der Waals surface area (Å²) in [4.78, 5) is 11.2. The van der Waals surface area contributed by atoms with Crippen molar-refractivity contribution >= 4 is 15.9 Å². The highest BCUT2D eigenvalue weighted by Gasteiger charge is 2.37. The van der Waals surface area contributed by atoms with Gasteiger partial charge >= 0.3 is 0 Å². The molecule has 0 spiro atoms. The number of piperidine rings is 2. The second kappa shape index (κ2) is 4.91. The quantitative estimate of drug-likeness (QED) is 0.673. The summed E-state index contributed by atoms with van der Waals surface area (Å²) in [6, 6.07) is 0.153. The minimum atomic E-state index is -3.20. The molecule has 0 bridgehead atoms. The number of fused-ring (bicyclic) bond motifs is 1. The monoisotopic (exact) mass is 261 g/mol. The standard InChI is InChI=1S/C10H19N3O3S/c11-4-6-17(15,16)13-5-3-9-8(7-13)1-2-10(14)12-9/h8-9H,1-7,11H2,(H,12,14). The van der Waals surface area contributed by atoms with Gasteiger partial charge in [0.1, 0.15) is 0 Å². The molecule has 0 aromatic carbocycles. The molecule has 0 saturated carbocycles. The predicted molar refractivity (Wildman–Crippen MR) is 63.7 cm³/mol. The molecule has 2 unspecified atom stereocenters. The Morgan fingerprint density at radius 1 is 1.41 bits per heavy atom. The van der Waals surface area contributed by atoms with Crippen molar-refractivity contribution in [1.82, 2.24) is 9.62 Å². The molecule has 3 N–H and O–H groups in total. The number of hydrogen-bond acceptors (Lipinski definition) is 4. The molecular weight excluding hydrogens is 242 g/mol. The Morgan fingerprint density at radius 2 is 2.18 bits per heavy atom. The topological polar surface area (TPSA) is 92.5 Å². The minimum absolute atomic E-state index is 0.0107. The maximum Gasteiger partial charge on any atom is 0.220 e. The molecule has 2 fully saturated rings. The van der Waals surface area contributed by atoms with Crippen molar-refractivity contribution in [2.24, 2.45) is 11.7 Å². The van der Waals surface area contributed by atoms with Crippen molar-refractivity contribution in [2.75, 3.05) is 25.4 Å². The maximum atomic E-state index is 11.9. The van der Waals surface area contributed by atoms with Crippen LogP contribution in [-0.2, 0) is 14.8 Å². The molecule has 2 rings (SSSR count). The summed E-state index contributed by atoms with van der Waals surface area (Å²) in [6.45, 7) is 1.17. The average molecular weight is 261 g/mol. The summed E-state index contributed by atoms with van der Waals surface area (Å²) in [5, 5.41) is 2.94. The molecule has 2 saturated heterocycles. The van der Waals surface area contributed by atoms with Crippen molar-refractivity contribution in [2.45, 2.75) is 25.3 Å². The summed E-state index contributed by atoms with van der Waals surface area (Å²) in [7, 11) is -3.20. The van der Waals surface area contributed by atoms with Crippen molar-refractivity contribution < 1.29 is 13.2 Å². The molecule has 0 aromatic rings. The van der Waals surface area contributed by atoms with Gasteiger partial charge in [-0.05, 0) is 18.8 Å². The van der Waals surface area contributed by atoms with Crippen LogP contribution in [0.2, 0.25) is 0 Å². The van der Waals surface area contributed by atoms with E-state index in [2.05, 4.69) is 5.32 Å².